The third-order valence-electron chi connectivity index (χ3n) is 0.919. The van der Waals surface area contributed by atoms with Gasteiger partial charge in [-0.2, -0.15) is 0 Å². The van der Waals surface area contributed by atoms with Crippen LogP contribution in [0.4, 0.5) is 0 Å². The molecule has 0 aromatic carbocycles. The van der Waals surface area contributed by atoms with Gasteiger partial charge in [0.05, 0.1) is 0 Å². The van der Waals surface area contributed by atoms with E-state index in [4.69, 9.17) is 0 Å². The minimum absolute atomic E-state index is 0.755. The van der Waals surface area contributed by atoms with E-state index in [1.165, 1.54) is 6.42 Å². The summed E-state index contributed by atoms with van der Waals surface area (Å²) in [5.41, 5.74) is 2.46. The summed E-state index contributed by atoms with van der Waals surface area (Å²) in [7, 11) is 0. The summed E-state index contributed by atoms with van der Waals surface area (Å²) >= 11 is 4.44. The number of thiocarbonyl (C=S) groups is 1. The Morgan fingerprint density at radius 3 is 2.62 bits per heavy atom. The van der Waals surface area contributed by atoms with E-state index < -0.39 is 0 Å². The lowest BCUT2D eigenvalue weighted by Gasteiger charge is -2.00. The van der Waals surface area contributed by atoms with Crippen LogP contribution in [0.15, 0.2) is 0 Å². The van der Waals surface area contributed by atoms with E-state index in [2.05, 4.69) is 36.9 Å². The minimum atomic E-state index is 0.755. The van der Waals surface area contributed by atoms with E-state index in [1.807, 2.05) is 0 Å². The summed E-state index contributed by atoms with van der Waals surface area (Å²) in [5.74, 6) is 0.755. The second-order valence-corrected chi connectivity index (χ2v) is 2.42. The van der Waals surface area contributed by atoms with Gasteiger partial charge in [0.25, 0.3) is 0 Å². The van der Waals surface area contributed by atoms with E-state index in [1.54, 1.807) is 0 Å². The first-order valence-corrected chi connectivity index (χ1v) is 3.28. The second kappa shape index (κ2) is 5.04. The Bertz CT molecular complexity index is 61.5. The molecule has 0 saturated carbocycles. The molecule has 0 aliphatic heterocycles. The van der Waals surface area contributed by atoms with Crippen LogP contribution in [0.3, 0.4) is 0 Å². The van der Waals surface area contributed by atoms with Gasteiger partial charge < -0.3 is 5.32 Å². The van der Waals surface area contributed by atoms with Crippen LogP contribution in [-0.4, -0.2) is 12.0 Å². The molecule has 0 bridgehead atoms. The van der Waals surface area contributed by atoms with E-state index in [9.17, 15) is 0 Å². The Morgan fingerprint density at radius 2 is 2.25 bits per heavy atom. The molecule has 1 radical (unpaired) electrons. The van der Waals surface area contributed by atoms with Gasteiger partial charge in [0, 0.05) is 6.54 Å². The molecular formula is C6H12NS. The summed E-state index contributed by atoms with van der Waals surface area (Å²) in [6.07, 6.45) is 1.17. The molecule has 2 heteroatoms. The molecule has 0 aliphatic rings. The molecule has 0 fully saturated rings. The first-order chi connectivity index (χ1) is 3.77. The molecule has 0 spiro atoms. The highest BCUT2D eigenvalue weighted by molar-refractivity contribution is 7.78. The Hall–Kier alpha value is -0.110. The van der Waals surface area contributed by atoms with Crippen LogP contribution in [0.25, 0.3) is 0 Å². The van der Waals surface area contributed by atoms with Crippen molar-refractivity contribution < 1.29 is 0 Å². The van der Waals surface area contributed by atoms with Crippen LogP contribution in [0, 0.1) is 5.92 Å². The zero-order valence-corrected chi connectivity index (χ0v) is 6.22. The Labute approximate surface area is 56.5 Å². The van der Waals surface area contributed by atoms with Crippen molar-refractivity contribution in [1.29, 1.82) is 0 Å². The molecular weight excluding hydrogens is 118 g/mol. The van der Waals surface area contributed by atoms with Gasteiger partial charge in [-0.15, -0.1) is 0 Å². The maximum Gasteiger partial charge on any atom is 0.134 e. The van der Waals surface area contributed by atoms with Gasteiger partial charge in [0.2, 0.25) is 0 Å². The number of nitrogens with one attached hydrogen (secondary N) is 1. The van der Waals surface area contributed by atoms with Gasteiger partial charge in [-0.3, -0.25) is 0 Å². The third-order valence-corrected chi connectivity index (χ3v) is 1.06. The maximum atomic E-state index is 4.44. The zero-order valence-electron chi connectivity index (χ0n) is 5.40. The number of hydrogen-bond donors (Lipinski definition) is 1. The molecule has 47 valence electrons. The topological polar surface area (TPSA) is 12.0 Å². The van der Waals surface area contributed by atoms with Crippen LogP contribution >= 0.6 is 12.2 Å². The molecule has 8 heavy (non-hydrogen) atoms. The molecule has 0 saturated heterocycles. The number of hydrogen-bond acceptors (Lipinski definition) is 1. The van der Waals surface area contributed by atoms with Crippen molar-refractivity contribution in [3.8, 4) is 0 Å². The Kier molecular flexibility index (Phi) is 4.97. The van der Waals surface area contributed by atoms with Crippen molar-refractivity contribution in [2.45, 2.75) is 20.3 Å². The smallest absolute Gasteiger partial charge is 0.134 e. The fourth-order valence-corrected chi connectivity index (χ4v) is 0.514. The summed E-state index contributed by atoms with van der Waals surface area (Å²) in [6.45, 7) is 5.33. The fourth-order valence-electron chi connectivity index (χ4n) is 0.412. The monoisotopic (exact) mass is 130 g/mol. The average molecular weight is 130 g/mol. The molecule has 1 nitrogen and oxygen atoms in total. The predicted molar refractivity (Wildman–Crippen MR) is 40.1 cm³/mol. The van der Waals surface area contributed by atoms with Gasteiger partial charge in [-0.25, -0.2) is 0 Å². The standard InChI is InChI=1S/C6H12NS/c1-6(2)3-4-7-5-8/h6H,3-4H2,1-2H3,(H,7,8). The van der Waals surface area contributed by atoms with E-state index in [-0.39, 0.29) is 0 Å². The van der Waals surface area contributed by atoms with Crippen molar-refractivity contribution in [3.05, 3.63) is 0 Å². The summed E-state index contributed by atoms with van der Waals surface area (Å²) in [4.78, 5) is 0. The van der Waals surface area contributed by atoms with Crippen LogP contribution in [-0.2, 0) is 0 Å². The first-order valence-electron chi connectivity index (χ1n) is 2.87. The second-order valence-electron chi connectivity index (χ2n) is 2.21. The van der Waals surface area contributed by atoms with Gasteiger partial charge in [0.1, 0.15) is 5.49 Å². The fraction of sp³-hybridized carbons (Fsp3) is 0.833. The number of rotatable bonds is 4. The van der Waals surface area contributed by atoms with Crippen LogP contribution in [0.5, 0.6) is 0 Å². The van der Waals surface area contributed by atoms with Gasteiger partial charge >= 0.3 is 0 Å². The lowest BCUT2D eigenvalue weighted by Crippen LogP contribution is -2.12. The molecule has 0 aromatic rings. The predicted octanol–water partition coefficient (Wildman–Crippen LogP) is 1.46. The SMILES string of the molecule is CC(C)CCN[C]=S. The zero-order chi connectivity index (χ0) is 6.41. The maximum absolute atomic E-state index is 4.44. The summed E-state index contributed by atoms with van der Waals surface area (Å²) in [5, 5.41) is 2.84. The van der Waals surface area contributed by atoms with Crippen molar-refractivity contribution in [2.75, 3.05) is 6.54 Å². The molecule has 0 heterocycles. The quantitative estimate of drug-likeness (QED) is 0.351. The minimum Gasteiger partial charge on any atom is -0.374 e. The molecule has 0 amide bonds. The molecule has 0 aliphatic carbocycles. The normalized spacial score (nSPS) is 9.38. The van der Waals surface area contributed by atoms with Crippen molar-refractivity contribution in [2.24, 2.45) is 5.92 Å². The van der Waals surface area contributed by atoms with E-state index in [0.717, 1.165) is 12.5 Å². The van der Waals surface area contributed by atoms with Crippen LogP contribution < -0.4 is 5.32 Å². The van der Waals surface area contributed by atoms with Crippen LogP contribution in [0.2, 0.25) is 0 Å². The first kappa shape index (κ1) is 7.89. The van der Waals surface area contributed by atoms with Gasteiger partial charge in [0.15, 0.2) is 0 Å². The lowest BCUT2D eigenvalue weighted by molar-refractivity contribution is 0.581. The summed E-state index contributed by atoms with van der Waals surface area (Å²) in [6, 6.07) is 0. The highest BCUT2D eigenvalue weighted by Gasteiger charge is 1.89. The van der Waals surface area contributed by atoms with Crippen molar-refractivity contribution in [1.82, 2.24) is 5.32 Å². The lowest BCUT2D eigenvalue weighted by atomic mass is 10.1. The molecule has 0 aromatic heterocycles. The molecule has 0 atom stereocenters. The highest BCUT2D eigenvalue weighted by atomic mass is 32.1. The van der Waals surface area contributed by atoms with E-state index in [0.29, 0.717) is 0 Å². The largest absolute Gasteiger partial charge is 0.374 e. The molecule has 1 N–H and O–H groups in total. The van der Waals surface area contributed by atoms with E-state index >= 15 is 0 Å². The molecule has 0 rings (SSSR count). The third kappa shape index (κ3) is 5.89. The highest BCUT2D eigenvalue weighted by Crippen LogP contribution is 1.95. The Morgan fingerprint density at radius 1 is 1.62 bits per heavy atom. The average Bonchev–Trinajstić information content (AvgIpc) is 1.66. The van der Waals surface area contributed by atoms with Crippen molar-refractivity contribution >= 4 is 17.7 Å². The van der Waals surface area contributed by atoms with Gasteiger partial charge in [-0.05, 0) is 12.3 Å². The van der Waals surface area contributed by atoms with Crippen LogP contribution in [0.1, 0.15) is 20.3 Å². The Balaban J connectivity index is 2.81. The van der Waals surface area contributed by atoms with Crippen molar-refractivity contribution in [3.63, 3.8) is 0 Å². The molecule has 0 unspecified atom stereocenters. The van der Waals surface area contributed by atoms with Gasteiger partial charge in [-0.1, -0.05) is 26.1 Å². The summed E-state index contributed by atoms with van der Waals surface area (Å²) < 4.78 is 0.